The van der Waals surface area contributed by atoms with E-state index in [0.29, 0.717) is 6.54 Å². The van der Waals surface area contributed by atoms with Gasteiger partial charge in [0.1, 0.15) is 0 Å². The predicted molar refractivity (Wildman–Crippen MR) is 66.5 cm³/mol. The first kappa shape index (κ1) is 13.0. The van der Waals surface area contributed by atoms with E-state index in [4.69, 9.17) is 11.6 Å². The van der Waals surface area contributed by atoms with Crippen molar-refractivity contribution in [3.63, 3.8) is 0 Å². The van der Waals surface area contributed by atoms with Crippen molar-refractivity contribution in [2.75, 3.05) is 27.7 Å². The molecule has 16 heavy (non-hydrogen) atoms. The van der Waals surface area contributed by atoms with E-state index in [9.17, 15) is 4.79 Å². The molecular formula is C12H17ClN2O. The first-order chi connectivity index (χ1) is 7.49. The lowest BCUT2D eigenvalue weighted by Gasteiger charge is -2.18. The molecule has 0 spiro atoms. The van der Waals surface area contributed by atoms with Crippen molar-refractivity contribution in [1.29, 1.82) is 0 Å². The molecule has 0 aliphatic heterocycles. The van der Waals surface area contributed by atoms with Gasteiger partial charge in [0.2, 0.25) is 5.91 Å². The van der Waals surface area contributed by atoms with E-state index in [1.165, 1.54) is 0 Å². The molecule has 1 aromatic carbocycles. The Kier molecular flexibility index (Phi) is 4.77. The minimum absolute atomic E-state index is 0.108. The summed E-state index contributed by atoms with van der Waals surface area (Å²) in [5, 5.41) is 0.732. The molecule has 0 heterocycles. The zero-order chi connectivity index (χ0) is 12.1. The topological polar surface area (TPSA) is 23.6 Å². The molecule has 88 valence electrons. The lowest BCUT2D eigenvalue weighted by atomic mass is 10.2. The van der Waals surface area contributed by atoms with Crippen LogP contribution in [0.25, 0.3) is 0 Å². The second-order valence-corrected chi connectivity index (χ2v) is 4.52. The molecule has 0 fully saturated rings. The monoisotopic (exact) mass is 240 g/mol. The summed E-state index contributed by atoms with van der Waals surface area (Å²) in [6, 6.07) is 7.66. The number of likely N-dealkylation sites (N-methyl/N-ethyl adjacent to an activating group) is 2. The number of benzene rings is 1. The van der Waals surface area contributed by atoms with Gasteiger partial charge in [-0.25, -0.2) is 0 Å². The number of hydrogen-bond acceptors (Lipinski definition) is 2. The first-order valence-corrected chi connectivity index (χ1v) is 5.50. The largest absolute Gasteiger partial charge is 0.348 e. The molecule has 0 aliphatic carbocycles. The highest BCUT2D eigenvalue weighted by atomic mass is 35.5. The van der Waals surface area contributed by atoms with Gasteiger partial charge < -0.3 is 4.90 Å². The summed E-state index contributed by atoms with van der Waals surface area (Å²) < 4.78 is 0. The molecule has 0 bridgehead atoms. The van der Waals surface area contributed by atoms with Crippen molar-refractivity contribution < 1.29 is 4.79 Å². The van der Waals surface area contributed by atoms with E-state index in [1.807, 2.05) is 36.2 Å². The number of carbonyl (C=O) groups excluding carboxylic acids is 1. The van der Waals surface area contributed by atoms with Crippen LogP contribution in [-0.2, 0) is 11.3 Å². The molecule has 3 nitrogen and oxygen atoms in total. The van der Waals surface area contributed by atoms with Crippen LogP contribution < -0.4 is 0 Å². The fourth-order valence-corrected chi connectivity index (χ4v) is 1.46. The van der Waals surface area contributed by atoms with Gasteiger partial charge in [-0.3, -0.25) is 9.69 Å². The second-order valence-electron chi connectivity index (χ2n) is 4.09. The third-order valence-electron chi connectivity index (χ3n) is 2.27. The first-order valence-electron chi connectivity index (χ1n) is 5.12. The van der Waals surface area contributed by atoms with Crippen LogP contribution in [0.15, 0.2) is 24.3 Å². The minimum atomic E-state index is 0.108. The zero-order valence-corrected chi connectivity index (χ0v) is 10.7. The Balaban J connectivity index is 2.48. The van der Waals surface area contributed by atoms with Gasteiger partial charge in [-0.05, 0) is 24.7 Å². The van der Waals surface area contributed by atoms with Gasteiger partial charge in [0, 0.05) is 25.7 Å². The second kappa shape index (κ2) is 5.87. The van der Waals surface area contributed by atoms with Gasteiger partial charge in [-0.15, -0.1) is 0 Å². The summed E-state index contributed by atoms with van der Waals surface area (Å²) in [5.74, 6) is 0.108. The molecule has 0 saturated carbocycles. The van der Waals surface area contributed by atoms with Crippen LogP contribution in [0, 0.1) is 0 Å². The molecular weight excluding hydrogens is 224 g/mol. The molecule has 0 aliphatic rings. The Bertz CT molecular complexity index is 349. The van der Waals surface area contributed by atoms with Crippen molar-refractivity contribution in [2.45, 2.75) is 6.54 Å². The quantitative estimate of drug-likeness (QED) is 0.802. The SMILES string of the molecule is CN(CC(=O)N(C)C)Cc1ccc(Cl)cc1. The number of amides is 1. The molecule has 1 aromatic rings. The van der Waals surface area contributed by atoms with E-state index in [0.717, 1.165) is 17.1 Å². The van der Waals surface area contributed by atoms with E-state index in [-0.39, 0.29) is 5.91 Å². The standard InChI is InChI=1S/C12H17ClN2O/c1-14(2)12(16)9-15(3)8-10-4-6-11(13)7-5-10/h4-7H,8-9H2,1-3H3. The average molecular weight is 241 g/mol. The molecule has 0 atom stereocenters. The van der Waals surface area contributed by atoms with Crippen LogP contribution in [0.3, 0.4) is 0 Å². The van der Waals surface area contributed by atoms with Gasteiger partial charge in [0.15, 0.2) is 0 Å². The van der Waals surface area contributed by atoms with Crippen molar-refractivity contribution in [2.24, 2.45) is 0 Å². The normalized spacial score (nSPS) is 10.6. The maximum absolute atomic E-state index is 11.5. The fourth-order valence-electron chi connectivity index (χ4n) is 1.33. The molecule has 0 N–H and O–H groups in total. The highest BCUT2D eigenvalue weighted by Crippen LogP contribution is 2.10. The fraction of sp³-hybridized carbons (Fsp3) is 0.417. The Morgan fingerprint density at radius 1 is 1.19 bits per heavy atom. The average Bonchev–Trinajstić information content (AvgIpc) is 2.21. The highest BCUT2D eigenvalue weighted by Gasteiger charge is 2.08. The lowest BCUT2D eigenvalue weighted by molar-refractivity contribution is -0.129. The minimum Gasteiger partial charge on any atom is -0.348 e. The van der Waals surface area contributed by atoms with Crippen LogP contribution in [0.4, 0.5) is 0 Å². The Labute approximate surface area is 102 Å². The van der Waals surface area contributed by atoms with Crippen LogP contribution in [0.2, 0.25) is 5.02 Å². The number of carbonyl (C=O) groups is 1. The summed E-state index contributed by atoms with van der Waals surface area (Å²) >= 11 is 5.80. The summed E-state index contributed by atoms with van der Waals surface area (Å²) in [4.78, 5) is 15.0. The number of hydrogen-bond donors (Lipinski definition) is 0. The summed E-state index contributed by atoms with van der Waals surface area (Å²) in [5.41, 5.74) is 1.15. The predicted octanol–water partition coefficient (Wildman–Crippen LogP) is 1.86. The maximum Gasteiger partial charge on any atom is 0.236 e. The molecule has 0 unspecified atom stereocenters. The Hall–Kier alpha value is -1.06. The van der Waals surface area contributed by atoms with E-state index < -0.39 is 0 Å². The van der Waals surface area contributed by atoms with Crippen LogP contribution in [0.1, 0.15) is 5.56 Å². The van der Waals surface area contributed by atoms with Crippen LogP contribution in [0.5, 0.6) is 0 Å². The van der Waals surface area contributed by atoms with Crippen molar-refractivity contribution in [1.82, 2.24) is 9.80 Å². The lowest BCUT2D eigenvalue weighted by Crippen LogP contribution is -2.34. The number of nitrogens with zero attached hydrogens (tertiary/aromatic N) is 2. The Morgan fingerprint density at radius 2 is 1.75 bits per heavy atom. The summed E-state index contributed by atoms with van der Waals surface area (Å²) in [6.07, 6.45) is 0. The molecule has 0 aromatic heterocycles. The summed E-state index contributed by atoms with van der Waals surface area (Å²) in [6.45, 7) is 1.17. The highest BCUT2D eigenvalue weighted by molar-refractivity contribution is 6.30. The number of halogens is 1. The third kappa shape index (κ3) is 4.21. The Morgan fingerprint density at radius 3 is 2.25 bits per heavy atom. The smallest absolute Gasteiger partial charge is 0.236 e. The van der Waals surface area contributed by atoms with E-state index in [2.05, 4.69) is 0 Å². The zero-order valence-electron chi connectivity index (χ0n) is 9.90. The summed E-state index contributed by atoms with van der Waals surface area (Å²) in [7, 11) is 5.45. The van der Waals surface area contributed by atoms with Gasteiger partial charge in [0.25, 0.3) is 0 Å². The van der Waals surface area contributed by atoms with Gasteiger partial charge in [-0.1, -0.05) is 23.7 Å². The van der Waals surface area contributed by atoms with Crippen molar-refractivity contribution >= 4 is 17.5 Å². The van der Waals surface area contributed by atoms with Gasteiger partial charge in [0.05, 0.1) is 6.54 Å². The van der Waals surface area contributed by atoms with Crippen molar-refractivity contribution in [3.05, 3.63) is 34.9 Å². The van der Waals surface area contributed by atoms with E-state index >= 15 is 0 Å². The molecule has 1 amide bonds. The molecule has 0 radical (unpaired) electrons. The van der Waals surface area contributed by atoms with Crippen LogP contribution >= 0.6 is 11.6 Å². The van der Waals surface area contributed by atoms with E-state index in [1.54, 1.807) is 19.0 Å². The molecule has 0 saturated heterocycles. The van der Waals surface area contributed by atoms with Crippen molar-refractivity contribution in [3.8, 4) is 0 Å². The van der Waals surface area contributed by atoms with Gasteiger partial charge in [-0.2, -0.15) is 0 Å². The number of rotatable bonds is 4. The molecule has 1 rings (SSSR count). The van der Waals surface area contributed by atoms with Crippen LogP contribution in [-0.4, -0.2) is 43.4 Å². The third-order valence-corrected chi connectivity index (χ3v) is 2.52. The molecule has 4 heteroatoms. The van der Waals surface area contributed by atoms with Gasteiger partial charge >= 0.3 is 0 Å². The maximum atomic E-state index is 11.5.